The van der Waals surface area contributed by atoms with Gasteiger partial charge in [0.05, 0.1) is 13.0 Å². The fourth-order valence-electron chi connectivity index (χ4n) is 2.89. The Kier molecular flexibility index (Phi) is 4.69. The number of carbonyl (C=O) groups is 1. The molecule has 1 aliphatic heterocycles. The molecule has 0 radical (unpaired) electrons. The average molecular weight is 365 g/mol. The number of hydrogen-bond donors (Lipinski definition) is 1. The number of nitrogens with zero attached hydrogens (tertiary/aromatic N) is 4. The number of amides is 2. The van der Waals surface area contributed by atoms with Crippen LogP contribution in [0.15, 0.2) is 53.3 Å². The van der Waals surface area contributed by atoms with Crippen LogP contribution in [0.1, 0.15) is 17.3 Å². The number of pyridine rings is 1. The van der Waals surface area contributed by atoms with Gasteiger partial charge in [0.25, 0.3) is 5.89 Å². The molecule has 0 saturated carbocycles. The number of benzene rings is 1. The first-order valence-corrected chi connectivity index (χ1v) is 8.62. The normalized spacial score (nSPS) is 13.9. The van der Waals surface area contributed by atoms with Gasteiger partial charge < -0.3 is 19.5 Å². The summed E-state index contributed by atoms with van der Waals surface area (Å²) in [4.78, 5) is 22.4. The van der Waals surface area contributed by atoms with E-state index >= 15 is 0 Å². The number of carbonyl (C=O) groups excluding carboxylic acids is 1. The van der Waals surface area contributed by atoms with Crippen LogP contribution in [0.3, 0.4) is 0 Å². The summed E-state index contributed by atoms with van der Waals surface area (Å²) in [5.74, 6) is 1.95. The second-order valence-corrected chi connectivity index (χ2v) is 6.31. The Morgan fingerprint density at radius 2 is 2.11 bits per heavy atom. The van der Waals surface area contributed by atoms with Crippen LogP contribution < -0.4 is 10.1 Å². The van der Waals surface area contributed by atoms with Gasteiger partial charge in [-0.25, -0.2) is 4.79 Å². The molecule has 1 saturated heterocycles. The third-order valence-corrected chi connectivity index (χ3v) is 4.48. The molecule has 0 unspecified atom stereocenters. The molecule has 0 spiro atoms. The van der Waals surface area contributed by atoms with E-state index in [1.54, 1.807) is 24.4 Å². The quantitative estimate of drug-likeness (QED) is 0.746. The summed E-state index contributed by atoms with van der Waals surface area (Å²) < 4.78 is 10.5. The predicted octanol–water partition coefficient (Wildman–Crippen LogP) is 2.45. The molecule has 138 valence electrons. The zero-order chi connectivity index (χ0) is 18.6. The molecule has 1 aromatic carbocycles. The first-order valence-electron chi connectivity index (χ1n) is 8.62. The van der Waals surface area contributed by atoms with E-state index in [2.05, 4.69) is 20.4 Å². The Labute approximate surface area is 156 Å². The molecule has 0 atom stereocenters. The van der Waals surface area contributed by atoms with Gasteiger partial charge in [-0.3, -0.25) is 4.98 Å². The number of likely N-dealkylation sites (tertiary alicyclic amines) is 1. The summed E-state index contributed by atoms with van der Waals surface area (Å²) in [6.07, 6.45) is 3.36. The van der Waals surface area contributed by atoms with Crippen molar-refractivity contribution in [3.63, 3.8) is 0 Å². The molecule has 2 aromatic heterocycles. The Bertz CT molecular complexity index is 922. The highest BCUT2D eigenvalue weighted by molar-refractivity contribution is 5.75. The summed E-state index contributed by atoms with van der Waals surface area (Å²) >= 11 is 0. The number of hydrogen-bond acceptors (Lipinski definition) is 6. The van der Waals surface area contributed by atoms with Crippen molar-refractivity contribution < 1.29 is 14.1 Å². The van der Waals surface area contributed by atoms with Gasteiger partial charge in [-0.2, -0.15) is 4.98 Å². The minimum absolute atomic E-state index is 0.0897. The van der Waals surface area contributed by atoms with Crippen molar-refractivity contribution in [3.05, 3.63) is 60.2 Å². The molecule has 3 heterocycles. The largest absolute Gasteiger partial charge is 0.497 e. The zero-order valence-corrected chi connectivity index (χ0v) is 14.8. The van der Waals surface area contributed by atoms with Crippen LogP contribution in [0, 0.1) is 0 Å². The van der Waals surface area contributed by atoms with Crippen molar-refractivity contribution in [1.29, 1.82) is 0 Å². The maximum Gasteiger partial charge on any atom is 0.317 e. The fourth-order valence-corrected chi connectivity index (χ4v) is 2.89. The van der Waals surface area contributed by atoms with Crippen LogP contribution in [-0.4, -0.2) is 46.3 Å². The highest BCUT2D eigenvalue weighted by Gasteiger charge is 2.35. The molecule has 2 amide bonds. The van der Waals surface area contributed by atoms with Crippen LogP contribution in [-0.2, 0) is 6.54 Å². The second-order valence-electron chi connectivity index (χ2n) is 6.31. The van der Waals surface area contributed by atoms with Crippen LogP contribution in [0.4, 0.5) is 4.79 Å². The molecule has 8 nitrogen and oxygen atoms in total. The lowest BCUT2D eigenvalue weighted by Gasteiger charge is -2.37. The molecule has 8 heteroatoms. The minimum atomic E-state index is -0.105. The second kappa shape index (κ2) is 7.45. The molecule has 1 N–H and O–H groups in total. The van der Waals surface area contributed by atoms with Gasteiger partial charge in [0.1, 0.15) is 5.75 Å². The zero-order valence-electron chi connectivity index (χ0n) is 14.8. The van der Waals surface area contributed by atoms with Crippen molar-refractivity contribution in [2.45, 2.75) is 12.5 Å². The van der Waals surface area contributed by atoms with Crippen molar-refractivity contribution in [3.8, 4) is 17.2 Å². The van der Waals surface area contributed by atoms with Crippen LogP contribution in [0.25, 0.3) is 11.5 Å². The lowest BCUT2D eigenvalue weighted by Crippen LogP contribution is -2.52. The third-order valence-electron chi connectivity index (χ3n) is 4.48. The SMILES string of the molecule is COc1cccc(CNC(=O)N2CC(c3noc(-c4ccncc4)n3)C2)c1. The molecule has 27 heavy (non-hydrogen) atoms. The van der Waals surface area contributed by atoms with Crippen LogP contribution in [0.5, 0.6) is 5.75 Å². The van der Waals surface area contributed by atoms with Gasteiger partial charge in [0, 0.05) is 37.6 Å². The lowest BCUT2D eigenvalue weighted by molar-refractivity contribution is 0.147. The van der Waals surface area contributed by atoms with E-state index < -0.39 is 0 Å². The van der Waals surface area contributed by atoms with E-state index in [4.69, 9.17) is 9.26 Å². The summed E-state index contributed by atoms with van der Waals surface area (Å²) in [6, 6.07) is 11.1. The molecular weight excluding hydrogens is 346 g/mol. The van der Waals surface area contributed by atoms with Gasteiger partial charge in [0.15, 0.2) is 5.82 Å². The summed E-state index contributed by atoms with van der Waals surface area (Å²) in [5, 5.41) is 6.96. The highest BCUT2D eigenvalue weighted by Crippen LogP contribution is 2.27. The van der Waals surface area contributed by atoms with E-state index in [0.29, 0.717) is 31.3 Å². The topological polar surface area (TPSA) is 93.4 Å². The number of nitrogens with one attached hydrogen (secondary N) is 1. The Morgan fingerprint density at radius 1 is 1.30 bits per heavy atom. The third kappa shape index (κ3) is 3.74. The summed E-state index contributed by atoms with van der Waals surface area (Å²) in [7, 11) is 1.62. The molecule has 1 fully saturated rings. The minimum Gasteiger partial charge on any atom is -0.497 e. The molecule has 1 aliphatic rings. The van der Waals surface area contributed by atoms with E-state index in [-0.39, 0.29) is 11.9 Å². The maximum absolute atomic E-state index is 12.3. The summed E-state index contributed by atoms with van der Waals surface area (Å²) in [6.45, 7) is 1.59. The van der Waals surface area contributed by atoms with Gasteiger partial charge in [0.2, 0.25) is 0 Å². The smallest absolute Gasteiger partial charge is 0.317 e. The Hall–Kier alpha value is -3.42. The van der Waals surface area contributed by atoms with Crippen LogP contribution in [0.2, 0.25) is 0 Å². The number of rotatable bonds is 5. The maximum atomic E-state index is 12.3. The number of methoxy groups -OCH3 is 1. The van der Waals surface area contributed by atoms with Gasteiger partial charge in [-0.15, -0.1) is 0 Å². The van der Waals surface area contributed by atoms with Gasteiger partial charge in [-0.1, -0.05) is 17.3 Å². The lowest BCUT2D eigenvalue weighted by atomic mass is 10.0. The van der Waals surface area contributed by atoms with E-state index in [1.165, 1.54) is 0 Å². The number of ether oxygens (including phenoxy) is 1. The molecule has 4 rings (SSSR count). The average Bonchev–Trinajstić information content (AvgIpc) is 3.16. The van der Waals surface area contributed by atoms with E-state index in [1.807, 2.05) is 36.4 Å². The van der Waals surface area contributed by atoms with Crippen molar-refractivity contribution >= 4 is 6.03 Å². The molecule has 3 aromatic rings. The van der Waals surface area contributed by atoms with Crippen LogP contribution >= 0.6 is 0 Å². The molecule has 0 bridgehead atoms. The Balaban J connectivity index is 1.29. The van der Waals surface area contributed by atoms with Gasteiger partial charge in [-0.05, 0) is 29.8 Å². The highest BCUT2D eigenvalue weighted by atomic mass is 16.5. The van der Waals surface area contributed by atoms with E-state index in [0.717, 1.165) is 16.9 Å². The van der Waals surface area contributed by atoms with E-state index in [9.17, 15) is 4.79 Å². The fraction of sp³-hybridized carbons (Fsp3) is 0.263. The first kappa shape index (κ1) is 17.0. The summed E-state index contributed by atoms with van der Waals surface area (Å²) in [5.41, 5.74) is 1.82. The first-order chi connectivity index (χ1) is 13.2. The van der Waals surface area contributed by atoms with Gasteiger partial charge >= 0.3 is 6.03 Å². The number of aromatic nitrogens is 3. The Morgan fingerprint density at radius 3 is 2.89 bits per heavy atom. The van der Waals surface area contributed by atoms with Crippen molar-refractivity contribution in [2.75, 3.05) is 20.2 Å². The monoisotopic (exact) mass is 365 g/mol. The standard InChI is InChI=1S/C19H19N5O3/c1-26-16-4-2-3-13(9-16)10-21-19(25)24-11-15(12-24)17-22-18(27-23-17)14-5-7-20-8-6-14/h2-9,15H,10-12H2,1H3,(H,21,25). The van der Waals surface area contributed by atoms with Crippen molar-refractivity contribution in [2.24, 2.45) is 0 Å². The number of urea groups is 1. The molecular formula is C19H19N5O3. The molecule has 0 aliphatic carbocycles. The predicted molar refractivity (Wildman–Crippen MR) is 97.1 cm³/mol. The van der Waals surface area contributed by atoms with Crippen molar-refractivity contribution in [1.82, 2.24) is 25.3 Å².